The van der Waals surface area contributed by atoms with Gasteiger partial charge in [-0.25, -0.2) is 0 Å². The van der Waals surface area contributed by atoms with Gasteiger partial charge in [-0.05, 0) is 14.0 Å². The summed E-state index contributed by atoms with van der Waals surface area (Å²) in [6, 6.07) is 0. The molecule has 0 radical (unpaired) electrons. The van der Waals surface area contributed by atoms with Gasteiger partial charge < -0.3 is 9.84 Å². The standard InChI is InChI=1S/C8H15NO3/c1-8(7(10)11)4-6(12-3)5-9(8)2/h6H,4-5H2,1-3H3,(H,10,11). The fourth-order valence-electron chi connectivity index (χ4n) is 1.58. The number of methoxy groups -OCH3 is 1. The Morgan fingerprint density at radius 3 is 2.58 bits per heavy atom. The predicted octanol–water partition coefficient (Wildman–Crippen LogP) is 0.180. The number of carbonyl (C=O) groups is 1. The molecule has 0 amide bonds. The van der Waals surface area contributed by atoms with E-state index in [4.69, 9.17) is 9.84 Å². The van der Waals surface area contributed by atoms with E-state index in [0.717, 1.165) is 0 Å². The second-order valence-electron chi connectivity index (χ2n) is 3.52. The maximum absolute atomic E-state index is 10.9. The number of likely N-dealkylation sites (tertiary alicyclic amines) is 1. The van der Waals surface area contributed by atoms with Crippen molar-refractivity contribution in [2.45, 2.75) is 25.0 Å². The molecule has 0 aromatic carbocycles. The molecule has 0 saturated carbocycles. The molecule has 4 nitrogen and oxygen atoms in total. The zero-order valence-electron chi connectivity index (χ0n) is 7.70. The van der Waals surface area contributed by atoms with E-state index in [9.17, 15) is 4.79 Å². The highest BCUT2D eigenvalue weighted by molar-refractivity contribution is 5.78. The first kappa shape index (κ1) is 9.48. The highest BCUT2D eigenvalue weighted by Gasteiger charge is 2.45. The molecule has 1 aliphatic rings. The van der Waals surface area contributed by atoms with Crippen molar-refractivity contribution in [3.05, 3.63) is 0 Å². The van der Waals surface area contributed by atoms with Crippen molar-refractivity contribution in [3.63, 3.8) is 0 Å². The molecule has 2 atom stereocenters. The number of ether oxygens (including phenoxy) is 1. The van der Waals surface area contributed by atoms with E-state index in [1.807, 2.05) is 11.9 Å². The van der Waals surface area contributed by atoms with Gasteiger partial charge in [0.1, 0.15) is 5.54 Å². The second kappa shape index (κ2) is 3.03. The van der Waals surface area contributed by atoms with Crippen LogP contribution in [0.1, 0.15) is 13.3 Å². The molecule has 1 saturated heterocycles. The van der Waals surface area contributed by atoms with Crippen LogP contribution >= 0.6 is 0 Å². The molecule has 0 aromatic rings. The lowest BCUT2D eigenvalue weighted by Crippen LogP contribution is -2.45. The fraction of sp³-hybridized carbons (Fsp3) is 0.875. The summed E-state index contributed by atoms with van der Waals surface area (Å²) in [6.07, 6.45) is 0.617. The molecular formula is C8H15NO3. The van der Waals surface area contributed by atoms with E-state index in [0.29, 0.717) is 13.0 Å². The van der Waals surface area contributed by atoms with Gasteiger partial charge in [-0.3, -0.25) is 9.69 Å². The lowest BCUT2D eigenvalue weighted by molar-refractivity contribution is -0.147. The lowest BCUT2D eigenvalue weighted by atomic mass is 9.99. The van der Waals surface area contributed by atoms with Gasteiger partial charge in [0.05, 0.1) is 6.10 Å². The number of carboxylic acid groups (broad SMARTS) is 1. The van der Waals surface area contributed by atoms with Crippen LogP contribution in [-0.2, 0) is 9.53 Å². The predicted molar refractivity (Wildman–Crippen MR) is 44.1 cm³/mol. The number of nitrogens with zero attached hydrogens (tertiary/aromatic N) is 1. The van der Waals surface area contributed by atoms with Crippen LogP contribution in [0.15, 0.2) is 0 Å². The third-order valence-electron chi connectivity index (χ3n) is 2.74. The summed E-state index contributed by atoms with van der Waals surface area (Å²) in [5.41, 5.74) is -0.749. The van der Waals surface area contributed by atoms with E-state index in [1.165, 1.54) is 0 Å². The molecule has 1 heterocycles. The minimum absolute atomic E-state index is 0.0519. The second-order valence-corrected chi connectivity index (χ2v) is 3.52. The Morgan fingerprint density at radius 1 is 1.75 bits per heavy atom. The Hall–Kier alpha value is -0.610. The quantitative estimate of drug-likeness (QED) is 0.647. The van der Waals surface area contributed by atoms with Gasteiger partial charge in [0.15, 0.2) is 0 Å². The maximum atomic E-state index is 10.9. The van der Waals surface area contributed by atoms with Gasteiger partial charge in [-0.1, -0.05) is 0 Å². The van der Waals surface area contributed by atoms with Crippen molar-refractivity contribution in [3.8, 4) is 0 Å². The third kappa shape index (κ3) is 1.32. The highest BCUT2D eigenvalue weighted by Crippen LogP contribution is 2.28. The molecule has 0 aliphatic carbocycles. The normalized spacial score (nSPS) is 37.1. The monoisotopic (exact) mass is 173 g/mol. The molecule has 0 aromatic heterocycles. The molecule has 2 unspecified atom stereocenters. The Kier molecular flexibility index (Phi) is 2.39. The first-order chi connectivity index (χ1) is 5.50. The summed E-state index contributed by atoms with van der Waals surface area (Å²) in [4.78, 5) is 12.7. The summed E-state index contributed by atoms with van der Waals surface area (Å²) in [6.45, 7) is 2.42. The Bertz CT molecular complexity index is 195. The molecule has 1 aliphatic heterocycles. The summed E-state index contributed by atoms with van der Waals surface area (Å²) in [7, 11) is 3.43. The number of hydrogen-bond acceptors (Lipinski definition) is 3. The van der Waals surface area contributed by atoms with E-state index in [-0.39, 0.29) is 6.10 Å². The van der Waals surface area contributed by atoms with Crippen molar-refractivity contribution in [1.29, 1.82) is 0 Å². The summed E-state index contributed by atoms with van der Waals surface area (Å²) in [5, 5.41) is 8.96. The highest BCUT2D eigenvalue weighted by atomic mass is 16.5. The van der Waals surface area contributed by atoms with Gasteiger partial charge >= 0.3 is 5.97 Å². The first-order valence-electron chi connectivity index (χ1n) is 3.98. The Balaban J connectivity index is 2.74. The number of likely N-dealkylation sites (N-methyl/N-ethyl adjacent to an activating group) is 1. The third-order valence-corrected chi connectivity index (χ3v) is 2.74. The van der Waals surface area contributed by atoms with Gasteiger partial charge in [0.2, 0.25) is 0 Å². The van der Waals surface area contributed by atoms with Crippen LogP contribution in [0.4, 0.5) is 0 Å². The van der Waals surface area contributed by atoms with Crippen molar-refractivity contribution < 1.29 is 14.6 Å². The van der Waals surface area contributed by atoms with Crippen molar-refractivity contribution in [1.82, 2.24) is 4.90 Å². The SMILES string of the molecule is COC1CN(C)C(C)(C(=O)O)C1. The fourth-order valence-corrected chi connectivity index (χ4v) is 1.58. The molecular weight excluding hydrogens is 158 g/mol. The summed E-state index contributed by atoms with van der Waals surface area (Å²) in [5.74, 6) is -0.774. The lowest BCUT2D eigenvalue weighted by Gasteiger charge is -2.26. The minimum Gasteiger partial charge on any atom is -0.480 e. The van der Waals surface area contributed by atoms with Crippen LogP contribution in [-0.4, -0.2) is 48.3 Å². The maximum Gasteiger partial charge on any atom is 0.323 e. The van der Waals surface area contributed by atoms with Crippen LogP contribution in [0.5, 0.6) is 0 Å². The average Bonchev–Trinajstić information content (AvgIpc) is 2.29. The van der Waals surface area contributed by atoms with E-state index in [1.54, 1.807) is 14.0 Å². The van der Waals surface area contributed by atoms with Gasteiger partial charge in [0, 0.05) is 20.1 Å². The number of hydrogen-bond donors (Lipinski definition) is 1. The van der Waals surface area contributed by atoms with Crippen molar-refractivity contribution >= 4 is 5.97 Å². The Morgan fingerprint density at radius 2 is 2.33 bits per heavy atom. The zero-order valence-corrected chi connectivity index (χ0v) is 7.70. The topological polar surface area (TPSA) is 49.8 Å². The molecule has 0 spiro atoms. The summed E-state index contributed by atoms with van der Waals surface area (Å²) < 4.78 is 5.12. The van der Waals surface area contributed by atoms with E-state index >= 15 is 0 Å². The molecule has 12 heavy (non-hydrogen) atoms. The number of rotatable bonds is 2. The largest absolute Gasteiger partial charge is 0.480 e. The van der Waals surface area contributed by atoms with Crippen LogP contribution in [0.3, 0.4) is 0 Å². The van der Waals surface area contributed by atoms with Crippen LogP contribution in [0, 0.1) is 0 Å². The summed E-state index contributed by atoms with van der Waals surface area (Å²) >= 11 is 0. The molecule has 1 N–H and O–H groups in total. The molecule has 0 bridgehead atoms. The Labute approximate surface area is 72.1 Å². The minimum atomic E-state index is -0.774. The zero-order chi connectivity index (χ0) is 9.35. The molecule has 4 heteroatoms. The van der Waals surface area contributed by atoms with Crippen LogP contribution < -0.4 is 0 Å². The smallest absolute Gasteiger partial charge is 0.323 e. The molecule has 1 fully saturated rings. The van der Waals surface area contributed by atoms with Crippen molar-refractivity contribution in [2.24, 2.45) is 0 Å². The average molecular weight is 173 g/mol. The number of aliphatic carboxylic acids is 1. The van der Waals surface area contributed by atoms with Crippen LogP contribution in [0.2, 0.25) is 0 Å². The van der Waals surface area contributed by atoms with Gasteiger partial charge in [-0.2, -0.15) is 0 Å². The molecule has 70 valence electrons. The van der Waals surface area contributed by atoms with Crippen LogP contribution in [0.25, 0.3) is 0 Å². The number of carboxylic acids is 1. The van der Waals surface area contributed by atoms with Gasteiger partial charge in [0.25, 0.3) is 0 Å². The van der Waals surface area contributed by atoms with E-state index < -0.39 is 11.5 Å². The molecule has 1 rings (SSSR count). The van der Waals surface area contributed by atoms with Crippen molar-refractivity contribution in [2.75, 3.05) is 20.7 Å². The van der Waals surface area contributed by atoms with Gasteiger partial charge in [-0.15, -0.1) is 0 Å². The first-order valence-corrected chi connectivity index (χ1v) is 3.98. The van der Waals surface area contributed by atoms with E-state index in [2.05, 4.69) is 0 Å².